The number of rotatable bonds is 9. The Morgan fingerprint density at radius 1 is 1.08 bits per heavy atom. The Labute approximate surface area is 216 Å². The Morgan fingerprint density at radius 3 is 2.49 bits per heavy atom. The maximum atomic E-state index is 13.5. The van der Waals surface area contributed by atoms with Crippen LogP contribution in [0.15, 0.2) is 53.9 Å². The molecule has 1 fully saturated rings. The molecule has 4 rings (SSSR count). The number of ether oxygens (including phenoxy) is 3. The summed E-state index contributed by atoms with van der Waals surface area (Å²) in [5, 5.41) is 6.85. The van der Waals surface area contributed by atoms with Crippen LogP contribution in [0, 0.1) is 0 Å². The highest BCUT2D eigenvalue weighted by atomic mass is 32.1. The third-order valence-electron chi connectivity index (χ3n) is 5.73. The van der Waals surface area contributed by atoms with E-state index in [9.17, 15) is 19.2 Å². The van der Waals surface area contributed by atoms with Gasteiger partial charge in [-0.3, -0.25) is 9.59 Å². The summed E-state index contributed by atoms with van der Waals surface area (Å²) in [5.74, 6) is -1.02. The van der Waals surface area contributed by atoms with Gasteiger partial charge in [-0.05, 0) is 23.3 Å². The van der Waals surface area contributed by atoms with E-state index in [1.807, 2.05) is 6.07 Å². The number of urea groups is 1. The number of nitrogens with one attached hydrogen (secondary N) is 2. The zero-order chi connectivity index (χ0) is 26.5. The van der Waals surface area contributed by atoms with Gasteiger partial charge >= 0.3 is 12.0 Å². The number of amides is 4. The number of esters is 1. The molecule has 0 bridgehead atoms. The summed E-state index contributed by atoms with van der Waals surface area (Å²) in [4.78, 5) is 56.7. The van der Waals surface area contributed by atoms with E-state index in [4.69, 9.17) is 9.47 Å². The highest BCUT2D eigenvalue weighted by Crippen LogP contribution is 2.33. The third-order valence-corrected chi connectivity index (χ3v) is 6.48. The second-order valence-corrected chi connectivity index (χ2v) is 8.79. The van der Waals surface area contributed by atoms with Crippen LogP contribution >= 0.6 is 11.3 Å². The Morgan fingerprint density at radius 2 is 1.81 bits per heavy atom. The monoisotopic (exact) mass is 524 g/mol. The Kier molecular flexibility index (Phi) is 7.68. The van der Waals surface area contributed by atoms with E-state index in [0.29, 0.717) is 17.1 Å². The highest BCUT2D eigenvalue weighted by Gasteiger charge is 2.45. The number of thiazole rings is 1. The van der Waals surface area contributed by atoms with Gasteiger partial charge in [-0.2, -0.15) is 0 Å². The largest absolute Gasteiger partial charge is 0.493 e. The summed E-state index contributed by atoms with van der Waals surface area (Å²) >= 11 is 1.02. The van der Waals surface area contributed by atoms with Crippen LogP contribution in [0.3, 0.4) is 0 Å². The third kappa shape index (κ3) is 5.38. The molecule has 1 aromatic heterocycles. The molecular weight excluding hydrogens is 500 g/mol. The number of methoxy groups -OCH3 is 3. The molecular formula is C25H24N4O7S. The molecule has 3 aromatic rings. The highest BCUT2D eigenvalue weighted by molar-refractivity contribution is 7.14. The predicted molar refractivity (Wildman–Crippen MR) is 134 cm³/mol. The first-order chi connectivity index (χ1) is 17.9. The van der Waals surface area contributed by atoms with Crippen LogP contribution in [0.1, 0.15) is 27.7 Å². The summed E-state index contributed by atoms with van der Waals surface area (Å²) in [5.41, 5.74) is 1.25. The molecule has 2 aromatic carbocycles. The van der Waals surface area contributed by atoms with Gasteiger partial charge in [0.2, 0.25) is 5.91 Å². The Bertz CT molecular complexity index is 1330. The predicted octanol–water partition coefficient (Wildman–Crippen LogP) is 2.79. The smallest absolute Gasteiger partial charge is 0.357 e. The van der Waals surface area contributed by atoms with Crippen molar-refractivity contribution in [1.82, 2.24) is 15.2 Å². The Balaban J connectivity index is 1.63. The van der Waals surface area contributed by atoms with E-state index in [2.05, 4.69) is 20.4 Å². The molecule has 2 N–H and O–H groups in total. The number of nitrogens with zero attached hydrogens (tertiary/aromatic N) is 2. The average molecular weight is 525 g/mol. The SMILES string of the molecule is COC(=O)c1csc(NC(=O)[C@H](Cc2ccccc2)N2C(=O)NC(c3ccc(OC)c(OC)c3)C2=O)n1. The van der Waals surface area contributed by atoms with E-state index in [1.54, 1.807) is 42.5 Å². The molecule has 2 atom stereocenters. The summed E-state index contributed by atoms with van der Waals surface area (Å²) in [6.45, 7) is 0. The fourth-order valence-electron chi connectivity index (χ4n) is 3.90. The van der Waals surface area contributed by atoms with E-state index in [-0.39, 0.29) is 17.2 Å². The molecule has 1 aliphatic rings. The minimum atomic E-state index is -1.19. The van der Waals surface area contributed by atoms with E-state index in [1.165, 1.54) is 26.7 Å². The summed E-state index contributed by atoms with van der Waals surface area (Å²) < 4.78 is 15.2. The standard InChI is InChI=1S/C25H24N4O7S/c1-34-18-10-9-15(12-19(18)35-2)20-22(31)29(25(33)27-20)17(11-14-7-5-4-6-8-14)21(30)28-24-26-16(13-37-24)23(32)36-3/h4-10,12-13,17,20H,11H2,1-3H3,(H,27,33)(H,26,28,30)/t17-,20?/m0/s1. The minimum Gasteiger partial charge on any atom is -0.493 e. The first kappa shape index (κ1) is 25.6. The van der Waals surface area contributed by atoms with Gasteiger partial charge < -0.3 is 24.8 Å². The van der Waals surface area contributed by atoms with Crippen molar-refractivity contribution in [3.63, 3.8) is 0 Å². The normalized spacial score (nSPS) is 15.6. The van der Waals surface area contributed by atoms with E-state index < -0.39 is 35.9 Å². The number of aromatic nitrogens is 1. The summed E-state index contributed by atoms with van der Waals surface area (Å²) in [7, 11) is 4.18. The lowest BCUT2D eigenvalue weighted by atomic mass is 10.0. The lowest BCUT2D eigenvalue weighted by molar-refractivity contribution is -0.134. The molecule has 0 saturated carbocycles. The van der Waals surface area contributed by atoms with Crippen molar-refractivity contribution in [1.29, 1.82) is 0 Å². The molecule has 1 unspecified atom stereocenters. The van der Waals surface area contributed by atoms with Crippen LogP contribution in [0.25, 0.3) is 0 Å². The quantitative estimate of drug-likeness (QED) is 0.322. The number of anilines is 1. The number of hydrogen-bond donors (Lipinski definition) is 2. The van der Waals surface area contributed by atoms with Gasteiger partial charge in [0.1, 0.15) is 12.1 Å². The molecule has 12 heteroatoms. The lowest BCUT2D eigenvalue weighted by Gasteiger charge is -2.24. The van der Waals surface area contributed by atoms with Gasteiger partial charge in [-0.25, -0.2) is 19.5 Å². The first-order valence-corrected chi connectivity index (χ1v) is 12.0. The molecule has 0 aliphatic carbocycles. The van der Waals surface area contributed by atoms with Gasteiger partial charge in [0.05, 0.1) is 21.3 Å². The average Bonchev–Trinajstić information content (AvgIpc) is 3.50. The van der Waals surface area contributed by atoms with Crippen molar-refractivity contribution >= 4 is 40.3 Å². The lowest BCUT2D eigenvalue weighted by Crippen LogP contribution is -2.49. The summed E-state index contributed by atoms with van der Waals surface area (Å²) in [6.07, 6.45) is 0.0692. The van der Waals surface area contributed by atoms with Crippen LogP contribution in [-0.4, -0.2) is 61.1 Å². The molecule has 11 nitrogen and oxygen atoms in total. The summed E-state index contributed by atoms with van der Waals surface area (Å²) in [6, 6.07) is 11.0. The van der Waals surface area contributed by atoms with E-state index >= 15 is 0 Å². The maximum absolute atomic E-state index is 13.5. The molecule has 1 aliphatic heterocycles. The van der Waals surface area contributed by atoms with Crippen LogP contribution in [-0.2, 0) is 20.7 Å². The Hall–Kier alpha value is -4.45. The van der Waals surface area contributed by atoms with Crippen LogP contribution in [0.2, 0.25) is 0 Å². The molecule has 1 saturated heterocycles. The van der Waals surface area contributed by atoms with Gasteiger partial charge in [-0.15, -0.1) is 11.3 Å². The van der Waals surface area contributed by atoms with Gasteiger partial charge in [-0.1, -0.05) is 36.4 Å². The number of benzene rings is 2. The topological polar surface area (TPSA) is 136 Å². The fraction of sp³-hybridized carbons (Fsp3) is 0.240. The van der Waals surface area contributed by atoms with Crippen molar-refractivity contribution in [3.05, 3.63) is 70.7 Å². The zero-order valence-corrected chi connectivity index (χ0v) is 21.0. The first-order valence-electron chi connectivity index (χ1n) is 11.1. The zero-order valence-electron chi connectivity index (χ0n) is 20.2. The number of carbonyl (C=O) groups excluding carboxylic acids is 4. The minimum absolute atomic E-state index is 0.0333. The van der Waals surface area contributed by atoms with Crippen molar-refractivity contribution in [2.24, 2.45) is 0 Å². The molecule has 192 valence electrons. The van der Waals surface area contributed by atoms with Crippen molar-refractivity contribution < 1.29 is 33.4 Å². The second-order valence-electron chi connectivity index (χ2n) is 7.93. The molecule has 37 heavy (non-hydrogen) atoms. The second kappa shape index (κ2) is 11.1. The van der Waals surface area contributed by atoms with Gasteiger partial charge in [0.15, 0.2) is 22.3 Å². The van der Waals surface area contributed by atoms with E-state index in [0.717, 1.165) is 21.8 Å². The molecule has 4 amide bonds. The number of hydrogen-bond acceptors (Lipinski definition) is 9. The van der Waals surface area contributed by atoms with Crippen LogP contribution in [0.4, 0.5) is 9.93 Å². The fourth-order valence-corrected chi connectivity index (χ4v) is 4.59. The van der Waals surface area contributed by atoms with Crippen molar-refractivity contribution in [2.75, 3.05) is 26.6 Å². The number of carbonyl (C=O) groups is 4. The van der Waals surface area contributed by atoms with Crippen LogP contribution in [0.5, 0.6) is 11.5 Å². The molecule has 0 radical (unpaired) electrons. The number of imide groups is 1. The van der Waals surface area contributed by atoms with Crippen LogP contribution < -0.4 is 20.1 Å². The maximum Gasteiger partial charge on any atom is 0.357 e. The molecule has 0 spiro atoms. The van der Waals surface area contributed by atoms with Crippen molar-refractivity contribution in [2.45, 2.75) is 18.5 Å². The van der Waals surface area contributed by atoms with Gasteiger partial charge in [0.25, 0.3) is 5.91 Å². The molecule has 2 heterocycles. The van der Waals surface area contributed by atoms with Gasteiger partial charge in [0, 0.05) is 11.8 Å². The van der Waals surface area contributed by atoms with Crippen molar-refractivity contribution in [3.8, 4) is 11.5 Å².